The minimum atomic E-state index is -0.301. The molecule has 0 bridgehead atoms. The topological polar surface area (TPSA) is 16.4 Å². The molecule has 234 valence electrons. The van der Waals surface area contributed by atoms with E-state index in [4.69, 9.17) is 4.42 Å². The lowest BCUT2D eigenvalue weighted by molar-refractivity contribution is 0.660. The summed E-state index contributed by atoms with van der Waals surface area (Å²) in [7, 11) is 0. The van der Waals surface area contributed by atoms with E-state index in [1.165, 1.54) is 50.1 Å². The maximum absolute atomic E-state index is 6.48. The highest BCUT2D eigenvalue weighted by molar-refractivity contribution is 6.14. The molecule has 0 saturated heterocycles. The van der Waals surface area contributed by atoms with Crippen LogP contribution in [0.5, 0.6) is 0 Å². The molecule has 0 fully saturated rings. The molecule has 10 rings (SSSR count). The average Bonchev–Trinajstić information content (AvgIpc) is 3.74. The van der Waals surface area contributed by atoms with Crippen LogP contribution in [-0.2, 0) is 10.8 Å². The maximum atomic E-state index is 6.48. The Morgan fingerprint density at radius 3 is 1.96 bits per heavy atom. The third-order valence-electron chi connectivity index (χ3n) is 11.4. The van der Waals surface area contributed by atoms with Gasteiger partial charge >= 0.3 is 0 Å². The fraction of sp³-hybridized carbons (Fsp3) is 0.106. The SMILES string of the molecule is CC1(C)c2ccccc2-c2ccc(N(c3cccc4c3-c3ccccc3C4(C)c3ccccc3)c3cccc4oc5ccccc5c34)cc21. The number of rotatable bonds is 4. The Labute approximate surface area is 286 Å². The van der Waals surface area contributed by atoms with Crippen molar-refractivity contribution in [1.82, 2.24) is 0 Å². The number of benzene rings is 7. The van der Waals surface area contributed by atoms with Crippen molar-refractivity contribution < 1.29 is 4.42 Å². The van der Waals surface area contributed by atoms with Crippen molar-refractivity contribution in [2.75, 3.05) is 4.90 Å². The van der Waals surface area contributed by atoms with E-state index in [0.29, 0.717) is 0 Å². The van der Waals surface area contributed by atoms with Crippen LogP contribution in [0, 0.1) is 0 Å². The van der Waals surface area contributed by atoms with Gasteiger partial charge in [0.25, 0.3) is 0 Å². The summed E-state index contributed by atoms with van der Waals surface area (Å²) >= 11 is 0. The minimum Gasteiger partial charge on any atom is -0.456 e. The first kappa shape index (κ1) is 28.2. The molecule has 0 radical (unpaired) electrons. The van der Waals surface area contributed by atoms with Gasteiger partial charge in [-0.25, -0.2) is 0 Å². The third kappa shape index (κ3) is 3.77. The van der Waals surface area contributed by atoms with Crippen molar-refractivity contribution in [3.63, 3.8) is 0 Å². The molecule has 1 atom stereocenters. The second-order valence-corrected chi connectivity index (χ2v) is 14.2. The summed E-state index contributed by atoms with van der Waals surface area (Å²) in [6.07, 6.45) is 0. The number of anilines is 3. The smallest absolute Gasteiger partial charge is 0.137 e. The van der Waals surface area contributed by atoms with E-state index in [2.05, 4.69) is 177 Å². The second-order valence-electron chi connectivity index (χ2n) is 14.2. The van der Waals surface area contributed by atoms with Gasteiger partial charge in [0.1, 0.15) is 11.2 Å². The van der Waals surface area contributed by atoms with Crippen LogP contribution >= 0.6 is 0 Å². The summed E-state index contributed by atoms with van der Waals surface area (Å²) in [4.78, 5) is 2.50. The second kappa shape index (κ2) is 10.1. The van der Waals surface area contributed by atoms with Gasteiger partial charge < -0.3 is 9.32 Å². The summed E-state index contributed by atoms with van der Waals surface area (Å²) in [5.74, 6) is 0. The molecule has 2 heteroatoms. The molecule has 2 nitrogen and oxygen atoms in total. The van der Waals surface area contributed by atoms with E-state index in [1.54, 1.807) is 0 Å². The molecule has 0 saturated carbocycles. The zero-order valence-corrected chi connectivity index (χ0v) is 27.9. The highest BCUT2D eigenvalue weighted by atomic mass is 16.3. The van der Waals surface area contributed by atoms with Crippen molar-refractivity contribution in [3.05, 3.63) is 186 Å². The standard InChI is InChI=1S/C47H35NO/c1-46(2)36-20-10-7-17-32(36)33-28-27-31(29-39(33)46)48(41-24-14-26-43-45(41)35-19-9-12-25-42(35)49-43)40-23-13-22-38-44(40)34-18-8-11-21-37(34)47(38,3)30-15-5-4-6-16-30/h4-29H,1-3H3. The van der Waals surface area contributed by atoms with Crippen LogP contribution in [0.2, 0.25) is 0 Å². The third-order valence-corrected chi connectivity index (χ3v) is 11.4. The first-order valence-electron chi connectivity index (χ1n) is 17.2. The number of fused-ring (bicyclic) bond motifs is 9. The highest BCUT2D eigenvalue weighted by Crippen LogP contribution is 2.58. The van der Waals surface area contributed by atoms with Gasteiger partial charge in [0, 0.05) is 27.5 Å². The fourth-order valence-electron chi connectivity index (χ4n) is 8.97. The molecule has 1 unspecified atom stereocenters. The highest BCUT2D eigenvalue weighted by Gasteiger charge is 2.43. The first-order chi connectivity index (χ1) is 24.0. The van der Waals surface area contributed by atoms with Crippen LogP contribution in [0.4, 0.5) is 17.1 Å². The number of nitrogens with zero attached hydrogens (tertiary/aromatic N) is 1. The monoisotopic (exact) mass is 629 g/mol. The van der Waals surface area contributed by atoms with Crippen LogP contribution in [0.25, 0.3) is 44.2 Å². The van der Waals surface area contributed by atoms with E-state index in [9.17, 15) is 0 Å². The van der Waals surface area contributed by atoms with E-state index in [-0.39, 0.29) is 10.8 Å². The van der Waals surface area contributed by atoms with Crippen LogP contribution < -0.4 is 4.90 Å². The average molecular weight is 630 g/mol. The lowest BCUT2D eigenvalue weighted by Crippen LogP contribution is -2.22. The van der Waals surface area contributed by atoms with Gasteiger partial charge in [-0.2, -0.15) is 0 Å². The number of hydrogen-bond acceptors (Lipinski definition) is 2. The van der Waals surface area contributed by atoms with Gasteiger partial charge in [-0.3, -0.25) is 0 Å². The Morgan fingerprint density at radius 1 is 0.469 bits per heavy atom. The number of furan rings is 1. The Balaban J connectivity index is 1.30. The Kier molecular flexibility index (Phi) is 5.79. The predicted molar refractivity (Wildman–Crippen MR) is 203 cm³/mol. The molecule has 7 aromatic carbocycles. The zero-order valence-electron chi connectivity index (χ0n) is 27.9. The van der Waals surface area contributed by atoms with Gasteiger partial charge in [-0.05, 0) is 87.8 Å². The Bertz CT molecular complexity index is 2610. The summed E-state index contributed by atoms with van der Waals surface area (Å²) < 4.78 is 6.48. The molecule has 1 heterocycles. The Morgan fingerprint density at radius 2 is 1.10 bits per heavy atom. The molecule has 8 aromatic rings. The molecule has 0 amide bonds. The summed E-state index contributed by atoms with van der Waals surface area (Å²) in [5.41, 5.74) is 16.6. The van der Waals surface area contributed by atoms with Crippen molar-refractivity contribution in [2.24, 2.45) is 0 Å². The fourth-order valence-corrected chi connectivity index (χ4v) is 8.97. The van der Waals surface area contributed by atoms with Gasteiger partial charge in [0.15, 0.2) is 0 Å². The van der Waals surface area contributed by atoms with Gasteiger partial charge in [0.2, 0.25) is 0 Å². The zero-order chi connectivity index (χ0) is 32.9. The number of hydrogen-bond donors (Lipinski definition) is 0. The van der Waals surface area contributed by atoms with Crippen LogP contribution in [-0.4, -0.2) is 0 Å². The molecule has 0 N–H and O–H groups in total. The molecule has 2 aliphatic rings. The molecular formula is C47H35NO. The van der Waals surface area contributed by atoms with E-state index in [1.807, 2.05) is 6.07 Å². The molecule has 0 aliphatic heterocycles. The molecule has 1 aromatic heterocycles. The van der Waals surface area contributed by atoms with E-state index >= 15 is 0 Å². The lowest BCUT2D eigenvalue weighted by atomic mass is 9.74. The van der Waals surface area contributed by atoms with Crippen LogP contribution in [0.3, 0.4) is 0 Å². The molecular weight excluding hydrogens is 595 g/mol. The molecule has 49 heavy (non-hydrogen) atoms. The van der Waals surface area contributed by atoms with Crippen LogP contribution in [0.1, 0.15) is 48.6 Å². The van der Waals surface area contributed by atoms with Crippen molar-refractivity contribution in [1.29, 1.82) is 0 Å². The number of para-hydroxylation sites is 1. The van der Waals surface area contributed by atoms with Crippen molar-refractivity contribution >= 4 is 39.0 Å². The van der Waals surface area contributed by atoms with E-state index in [0.717, 1.165) is 39.0 Å². The first-order valence-corrected chi connectivity index (χ1v) is 17.2. The predicted octanol–water partition coefficient (Wildman–Crippen LogP) is 12.7. The molecule has 2 aliphatic carbocycles. The van der Waals surface area contributed by atoms with E-state index < -0.39 is 0 Å². The van der Waals surface area contributed by atoms with Crippen molar-refractivity contribution in [2.45, 2.75) is 31.6 Å². The molecule has 0 spiro atoms. The van der Waals surface area contributed by atoms with Gasteiger partial charge in [-0.1, -0.05) is 135 Å². The minimum absolute atomic E-state index is 0.126. The summed E-state index contributed by atoms with van der Waals surface area (Å²) in [6, 6.07) is 57.7. The van der Waals surface area contributed by atoms with Crippen LogP contribution in [0.15, 0.2) is 162 Å². The van der Waals surface area contributed by atoms with Gasteiger partial charge in [-0.15, -0.1) is 0 Å². The lowest BCUT2D eigenvalue weighted by Gasteiger charge is -2.31. The normalized spacial score (nSPS) is 16.7. The largest absolute Gasteiger partial charge is 0.456 e. The Hall–Kier alpha value is -5.86. The van der Waals surface area contributed by atoms with Gasteiger partial charge in [0.05, 0.1) is 16.8 Å². The maximum Gasteiger partial charge on any atom is 0.137 e. The quantitative estimate of drug-likeness (QED) is 0.193. The summed E-state index contributed by atoms with van der Waals surface area (Å²) in [5, 5.41) is 2.24. The summed E-state index contributed by atoms with van der Waals surface area (Å²) in [6.45, 7) is 7.11. The van der Waals surface area contributed by atoms with Crippen molar-refractivity contribution in [3.8, 4) is 22.3 Å².